The Morgan fingerprint density at radius 2 is 1.59 bits per heavy atom. The van der Waals surface area contributed by atoms with E-state index in [0.717, 1.165) is 22.3 Å². The Kier molecular flexibility index (Phi) is 10.0. The van der Waals surface area contributed by atoms with Crippen molar-refractivity contribution in [3.8, 4) is 11.1 Å². The summed E-state index contributed by atoms with van der Waals surface area (Å²) in [5.41, 5.74) is 3.61. The molecule has 0 fully saturated rings. The minimum atomic E-state index is -0.436. The van der Waals surface area contributed by atoms with E-state index >= 15 is 0 Å². The molecule has 0 aliphatic heterocycles. The second-order valence-corrected chi connectivity index (χ2v) is 9.24. The second kappa shape index (κ2) is 13.2. The molecule has 3 aromatic rings. The van der Waals surface area contributed by atoms with Gasteiger partial charge < -0.3 is 16.0 Å². The molecule has 0 saturated heterocycles. The molecule has 37 heavy (non-hydrogen) atoms. The molecule has 0 heterocycles. The molecule has 3 rings (SSSR count). The number of hydrogen-bond donors (Lipinski definition) is 3. The monoisotopic (exact) mass is 542 g/mol. The van der Waals surface area contributed by atoms with E-state index in [4.69, 9.17) is 23.2 Å². The summed E-state index contributed by atoms with van der Waals surface area (Å²) in [7, 11) is 0. The molecule has 0 spiro atoms. The number of nitro benzene ring substituents is 1. The molecule has 3 aromatic carbocycles. The van der Waals surface area contributed by atoms with Crippen molar-refractivity contribution in [2.24, 2.45) is 0 Å². The smallest absolute Gasteiger partial charge is 0.269 e. The number of non-ortho nitro benzene ring substituents is 1. The van der Waals surface area contributed by atoms with Crippen LogP contribution in [0, 0.1) is 17.0 Å². The average molecular weight is 543 g/mol. The highest BCUT2D eigenvalue weighted by molar-refractivity contribution is 6.40. The largest absolute Gasteiger partial charge is 0.353 e. The zero-order valence-electron chi connectivity index (χ0n) is 20.5. The number of rotatable bonds is 11. The van der Waals surface area contributed by atoms with Crippen LogP contribution in [0.3, 0.4) is 0 Å². The predicted molar refractivity (Wildman–Crippen MR) is 146 cm³/mol. The van der Waals surface area contributed by atoms with E-state index in [1.165, 1.54) is 12.1 Å². The number of nitrogens with zero attached hydrogens (tertiary/aromatic N) is 1. The third-order valence-corrected chi connectivity index (χ3v) is 6.47. The molecule has 2 amide bonds. The molecule has 0 aliphatic carbocycles. The van der Waals surface area contributed by atoms with Crippen LogP contribution in [-0.4, -0.2) is 36.4 Å². The molecule has 1 atom stereocenters. The Bertz CT molecular complexity index is 1260. The summed E-state index contributed by atoms with van der Waals surface area (Å²) in [4.78, 5) is 35.6. The summed E-state index contributed by atoms with van der Waals surface area (Å²) >= 11 is 12.7. The van der Waals surface area contributed by atoms with Gasteiger partial charge in [0, 0.05) is 31.3 Å². The fourth-order valence-electron chi connectivity index (χ4n) is 3.92. The van der Waals surface area contributed by atoms with E-state index in [0.29, 0.717) is 6.42 Å². The number of hydrogen-bond acceptors (Lipinski definition) is 5. The van der Waals surface area contributed by atoms with Crippen LogP contribution in [0.2, 0.25) is 10.0 Å². The van der Waals surface area contributed by atoms with Gasteiger partial charge in [-0.1, -0.05) is 66.5 Å². The van der Waals surface area contributed by atoms with Crippen LogP contribution in [0.1, 0.15) is 40.9 Å². The number of halogens is 2. The molecular weight excluding hydrogens is 515 g/mol. The molecule has 0 aliphatic rings. The van der Waals surface area contributed by atoms with Gasteiger partial charge in [0.1, 0.15) is 0 Å². The van der Waals surface area contributed by atoms with Gasteiger partial charge in [-0.05, 0) is 47.7 Å². The third kappa shape index (κ3) is 7.52. The van der Waals surface area contributed by atoms with Gasteiger partial charge in [0.05, 0.1) is 27.1 Å². The van der Waals surface area contributed by atoms with E-state index in [-0.39, 0.29) is 52.9 Å². The number of carbonyl (C=O) groups excluding carboxylic acids is 2. The van der Waals surface area contributed by atoms with Crippen molar-refractivity contribution in [3.63, 3.8) is 0 Å². The van der Waals surface area contributed by atoms with Gasteiger partial charge in [-0.3, -0.25) is 19.7 Å². The normalized spacial score (nSPS) is 11.6. The molecular formula is C27H28Cl2N4O4. The standard InChI is InChI=1S/C27H28Cl2N4O4/c1-3-24(21-15-20(33(36)37)10-9-17(21)2)32-16-25(34)30-11-12-31-27(35)26-22(28)13-19(14-23(26)29)18-7-5-4-6-8-18/h4-10,13-15,24,32H,3,11-12,16H2,1-2H3,(H,30,34)(H,31,35). The Hall–Kier alpha value is -3.46. The maximum atomic E-state index is 12.6. The van der Waals surface area contributed by atoms with Gasteiger partial charge >= 0.3 is 0 Å². The minimum Gasteiger partial charge on any atom is -0.353 e. The van der Waals surface area contributed by atoms with Gasteiger partial charge in [-0.2, -0.15) is 0 Å². The van der Waals surface area contributed by atoms with Crippen LogP contribution in [0.4, 0.5) is 5.69 Å². The fraction of sp³-hybridized carbons (Fsp3) is 0.259. The summed E-state index contributed by atoms with van der Waals surface area (Å²) in [5.74, 6) is -0.701. The van der Waals surface area contributed by atoms with Crippen molar-refractivity contribution in [1.29, 1.82) is 0 Å². The Morgan fingerprint density at radius 3 is 2.22 bits per heavy atom. The van der Waals surface area contributed by atoms with E-state index < -0.39 is 10.8 Å². The van der Waals surface area contributed by atoms with Crippen molar-refractivity contribution in [1.82, 2.24) is 16.0 Å². The van der Waals surface area contributed by atoms with Crippen LogP contribution in [0.15, 0.2) is 60.7 Å². The van der Waals surface area contributed by atoms with Crippen LogP contribution >= 0.6 is 23.2 Å². The zero-order valence-corrected chi connectivity index (χ0v) is 22.0. The lowest BCUT2D eigenvalue weighted by Crippen LogP contribution is -2.40. The SMILES string of the molecule is CCC(NCC(=O)NCCNC(=O)c1c(Cl)cc(-c2ccccc2)cc1Cl)c1cc([N+](=O)[O-])ccc1C. The maximum absolute atomic E-state index is 12.6. The second-order valence-electron chi connectivity index (χ2n) is 8.43. The minimum absolute atomic E-state index is 0.0101. The fourth-order valence-corrected chi connectivity index (χ4v) is 4.58. The molecule has 0 aromatic heterocycles. The van der Waals surface area contributed by atoms with Crippen molar-refractivity contribution >= 4 is 40.7 Å². The molecule has 1 unspecified atom stereocenters. The Labute approximate surface area is 225 Å². The van der Waals surface area contributed by atoms with Crippen molar-refractivity contribution in [2.75, 3.05) is 19.6 Å². The van der Waals surface area contributed by atoms with Crippen LogP contribution in [0.5, 0.6) is 0 Å². The van der Waals surface area contributed by atoms with E-state index in [1.54, 1.807) is 18.2 Å². The van der Waals surface area contributed by atoms with Gasteiger partial charge in [-0.25, -0.2) is 0 Å². The first-order chi connectivity index (χ1) is 17.7. The molecule has 10 heteroatoms. The first kappa shape index (κ1) is 28.1. The summed E-state index contributed by atoms with van der Waals surface area (Å²) in [6.07, 6.45) is 0.649. The topological polar surface area (TPSA) is 113 Å². The number of carbonyl (C=O) groups is 2. The lowest BCUT2D eigenvalue weighted by atomic mass is 9.98. The highest BCUT2D eigenvalue weighted by Gasteiger charge is 2.18. The highest BCUT2D eigenvalue weighted by Crippen LogP contribution is 2.31. The number of nitrogens with one attached hydrogen (secondary N) is 3. The number of aryl methyl sites for hydroxylation is 1. The lowest BCUT2D eigenvalue weighted by molar-refractivity contribution is -0.385. The summed E-state index contributed by atoms with van der Waals surface area (Å²) in [6, 6.07) is 17.4. The van der Waals surface area contributed by atoms with Crippen LogP contribution < -0.4 is 16.0 Å². The number of benzene rings is 3. The van der Waals surface area contributed by atoms with Crippen molar-refractivity contribution in [2.45, 2.75) is 26.3 Å². The molecule has 0 radical (unpaired) electrons. The molecule has 0 bridgehead atoms. The third-order valence-electron chi connectivity index (χ3n) is 5.88. The maximum Gasteiger partial charge on any atom is 0.269 e. The average Bonchev–Trinajstić information content (AvgIpc) is 2.87. The summed E-state index contributed by atoms with van der Waals surface area (Å²) in [6.45, 7) is 4.22. The first-order valence-electron chi connectivity index (χ1n) is 11.8. The number of nitro groups is 1. The Balaban J connectivity index is 1.49. The van der Waals surface area contributed by atoms with Gasteiger partial charge in [0.25, 0.3) is 11.6 Å². The summed E-state index contributed by atoms with van der Waals surface area (Å²) in [5, 5.41) is 20.2. The van der Waals surface area contributed by atoms with E-state index in [2.05, 4.69) is 16.0 Å². The van der Waals surface area contributed by atoms with Crippen molar-refractivity contribution in [3.05, 3.63) is 97.5 Å². The van der Waals surface area contributed by atoms with Crippen molar-refractivity contribution < 1.29 is 14.5 Å². The van der Waals surface area contributed by atoms with E-state index in [1.807, 2.05) is 44.2 Å². The molecule has 194 valence electrons. The molecule has 0 saturated carbocycles. The zero-order chi connectivity index (χ0) is 26.9. The predicted octanol–water partition coefficient (Wildman–Crippen LogP) is 5.46. The van der Waals surface area contributed by atoms with Gasteiger partial charge in [-0.15, -0.1) is 0 Å². The molecule has 3 N–H and O–H groups in total. The highest BCUT2D eigenvalue weighted by atomic mass is 35.5. The summed E-state index contributed by atoms with van der Waals surface area (Å²) < 4.78 is 0. The lowest BCUT2D eigenvalue weighted by Gasteiger charge is -2.19. The number of amides is 2. The Morgan fingerprint density at radius 1 is 0.946 bits per heavy atom. The quantitative estimate of drug-likeness (QED) is 0.169. The van der Waals surface area contributed by atoms with Crippen LogP contribution in [0.25, 0.3) is 11.1 Å². The van der Waals surface area contributed by atoms with Gasteiger partial charge in [0.15, 0.2) is 0 Å². The van der Waals surface area contributed by atoms with Crippen LogP contribution in [-0.2, 0) is 4.79 Å². The van der Waals surface area contributed by atoms with Gasteiger partial charge in [0.2, 0.25) is 5.91 Å². The van der Waals surface area contributed by atoms with E-state index in [9.17, 15) is 19.7 Å². The first-order valence-corrected chi connectivity index (χ1v) is 12.5. The molecule has 8 nitrogen and oxygen atoms in total.